The summed E-state index contributed by atoms with van der Waals surface area (Å²) >= 11 is 36.3. The Morgan fingerprint density at radius 3 is 1.53 bits per heavy atom. The van der Waals surface area contributed by atoms with Crippen LogP contribution in [0, 0.1) is 0 Å². The number of hydrogen-bond acceptors (Lipinski definition) is 3. The van der Waals surface area contributed by atoms with Crippen molar-refractivity contribution in [1.82, 2.24) is 5.32 Å². The number of benzene rings is 2. The van der Waals surface area contributed by atoms with Gasteiger partial charge in [0.05, 0.1) is 76.9 Å². The van der Waals surface area contributed by atoms with E-state index < -0.39 is 4.84 Å². The van der Waals surface area contributed by atoms with Gasteiger partial charge in [-0.2, -0.15) is 0 Å². The van der Waals surface area contributed by atoms with Crippen LogP contribution in [0.4, 0.5) is 11.4 Å². The molecule has 3 aliphatic rings. The molecule has 3 heterocycles. The molecule has 1 spiro atoms. The summed E-state index contributed by atoms with van der Waals surface area (Å²) in [4.78, 5) is 3.70. The maximum absolute atomic E-state index is 6.63. The van der Waals surface area contributed by atoms with E-state index in [1.165, 1.54) is 56.3 Å². The molecule has 3 fully saturated rings. The fourth-order valence-corrected chi connectivity index (χ4v) is 6.77. The van der Waals surface area contributed by atoms with Gasteiger partial charge in [0.25, 0.3) is 0 Å². The summed E-state index contributed by atoms with van der Waals surface area (Å²) in [5.74, 6) is 0. The molecule has 0 radical (unpaired) electrons. The minimum Gasteiger partial charge on any atom is -1.00 e. The molecule has 45 heavy (non-hydrogen) atoms. The summed E-state index contributed by atoms with van der Waals surface area (Å²) < 4.78 is 7.96. The molecule has 0 aromatic heterocycles. The van der Waals surface area contributed by atoms with Gasteiger partial charge in [-0.3, -0.25) is 0 Å². The van der Waals surface area contributed by atoms with Crippen LogP contribution in [0.3, 0.4) is 0 Å². The number of halogens is 9. The zero-order valence-corrected chi connectivity index (χ0v) is 36.4. The molecule has 2 atom stereocenters. The lowest BCUT2D eigenvalue weighted by atomic mass is 10.2. The Balaban J connectivity index is 0. The van der Waals surface area contributed by atoms with Crippen LogP contribution in [0.15, 0.2) is 36.4 Å². The zero-order chi connectivity index (χ0) is 31.9. The van der Waals surface area contributed by atoms with Crippen molar-refractivity contribution in [2.45, 2.75) is 37.9 Å². The van der Waals surface area contributed by atoms with Crippen LogP contribution >= 0.6 is 121 Å². The van der Waals surface area contributed by atoms with Crippen molar-refractivity contribution in [1.29, 1.82) is 0 Å². The number of unbranched alkanes of at least 4 members (excludes halogenated alkanes) is 1. The summed E-state index contributed by atoms with van der Waals surface area (Å²) in [6.45, 7) is 11.4. The Labute approximate surface area is 337 Å². The summed E-state index contributed by atoms with van der Waals surface area (Å²) in [5, 5.41) is 8.23. The van der Waals surface area contributed by atoms with Crippen molar-refractivity contribution in [2.75, 3.05) is 85.9 Å². The molecular weight excluding hydrogens is 931 g/mol. The lowest BCUT2D eigenvalue weighted by molar-refractivity contribution is -0.917. The fraction of sp³-hybridized carbons (Fsp3) is 0.600. The first-order valence-corrected chi connectivity index (χ1v) is 19.5. The molecule has 3 aliphatic heterocycles. The molecule has 1 N–H and O–H groups in total. The van der Waals surface area contributed by atoms with E-state index in [0.717, 1.165) is 61.3 Å². The van der Waals surface area contributed by atoms with E-state index in [2.05, 4.69) is 71.5 Å². The van der Waals surface area contributed by atoms with Crippen molar-refractivity contribution in [2.24, 2.45) is 0 Å². The molecule has 0 aliphatic carbocycles. The molecule has 2 aromatic carbocycles. The van der Waals surface area contributed by atoms with Crippen LogP contribution in [0.1, 0.15) is 34.5 Å². The van der Waals surface area contributed by atoms with Crippen molar-refractivity contribution in [3.63, 3.8) is 0 Å². The minimum atomic E-state index is -0.944. The van der Waals surface area contributed by atoms with E-state index in [1.54, 1.807) is 0 Å². The predicted octanol–water partition coefficient (Wildman–Crippen LogP) is 7.70. The number of nitrogens with one attached hydrogen (secondary N) is 1. The van der Waals surface area contributed by atoms with E-state index in [0.29, 0.717) is 20.1 Å². The van der Waals surface area contributed by atoms with E-state index in [1.807, 2.05) is 30.3 Å². The van der Waals surface area contributed by atoms with Crippen molar-refractivity contribution < 1.29 is 22.8 Å². The molecule has 2 unspecified atom stereocenters. The number of rotatable bonds is 5. The monoisotopic (exact) mass is 975 g/mol. The van der Waals surface area contributed by atoms with Gasteiger partial charge in [-0.15, -0.1) is 42.5 Å². The van der Waals surface area contributed by atoms with Crippen LogP contribution < -0.4 is 32.1 Å². The van der Waals surface area contributed by atoms with Gasteiger partial charge in [-0.1, -0.05) is 97.8 Å². The van der Waals surface area contributed by atoms with E-state index in [4.69, 9.17) is 59.4 Å². The largest absolute Gasteiger partial charge is 1.00 e. The van der Waals surface area contributed by atoms with Gasteiger partial charge in [0.2, 0.25) is 0 Å². The highest BCUT2D eigenvalue weighted by molar-refractivity contribution is 9.09. The minimum absolute atomic E-state index is 0. The van der Waals surface area contributed by atoms with Gasteiger partial charge in [0.15, 0.2) is 0 Å². The van der Waals surface area contributed by atoms with Crippen molar-refractivity contribution in [3.05, 3.63) is 56.5 Å². The molecule has 15 heteroatoms. The quantitative estimate of drug-likeness (QED) is 0.144. The number of quaternary nitrogens is 1. The lowest BCUT2D eigenvalue weighted by Crippen LogP contribution is -3.00. The molecule has 2 aromatic rings. The van der Waals surface area contributed by atoms with Gasteiger partial charge in [0, 0.05) is 49.7 Å². The second-order valence-electron chi connectivity index (χ2n) is 10.3. The van der Waals surface area contributed by atoms with Gasteiger partial charge >= 0.3 is 0 Å². The maximum Gasteiger partial charge on any atom is 0.0965 e. The van der Waals surface area contributed by atoms with Crippen molar-refractivity contribution in [3.8, 4) is 0 Å². The second kappa shape index (κ2) is 27.7. The smallest absolute Gasteiger partial charge is 0.0965 e. The fourth-order valence-electron chi connectivity index (χ4n) is 5.15. The Morgan fingerprint density at radius 2 is 1.16 bits per heavy atom. The normalized spacial score (nSPS) is 17.0. The predicted molar refractivity (Wildman–Crippen MR) is 219 cm³/mol. The average molecular weight is 981 g/mol. The molecule has 0 amide bonds. The van der Waals surface area contributed by atoms with Gasteiger partial charge in [-0.25, -0.2) is 0 Å². The zero-order valence-electron chi connectivity index (χ0n) is 25.7. The first kappa shape index (κ1) is 47.0. The van der Waals surface area contributed by atoms with Crippen LogP contribution in [-0.4, -0.2) is 85.4 Å². The Morgan fingerprint density at radius 1 is 0.778 bits per heavy atom. The number of piperazine rings is 2. The van der Waals surface area contributed by atoms with E-state index in [-0.39, 0.29) is 36.8 Å². The highest BCUT2D eigenvalue weighted by Crippen LogP contribution is 2.34. The summed E-state index contributed by atoms with van der Waals surface area (Å²) in [5.41, 5.74) is 2.14. The Kier molecular flexibility index (Phi) is 28.9. The number of anilines is 2. The summed E-state index contributed by atoms with van der Waals surface area (Å²) in [6.07, 6.45) is 5.37. The van der Waals surface area contributed by atoms with Crippen LogP contribution in [0.5, 0.6) is 0 Å². The third kappa shape index (κ3) is 18.2. The molecule has 5 rings (SSSR count). The van der Waals surface area contributed by atoms with E-state index in [9.17, 15) is 0 Å². The maximum atomic E-state index is 6.63. The molecule has 0 saturated carbocycles. The van der Waals surface area contributed by atoms with Crippen LogP contribution in [0.2, 0.25) is 20.1 Å². The average Bonchev–Trinajstić information content (AvgIpc) is 3.43. The lowest BCUT2D eigenvalue weighted by Gasteiger charge is -2.43. The SMILES string of the molecule is BrCCCCBr.C.Cl.Clc1cccc(N2CCNCC2)c1Cl.Clc1cccc(N2CC[N+]3(CCCC3)CC2)c1Cl.[2H]C(P)(P)Cl.[Br-]. The molecule has 0 bridgehead atoms. The van der Waals surface area contributed by atoms with Gasteiger partial charge < -0.3 is 36.6 Å². The number of hydrogen-bond donors (Lipinski definition) is 1. The standard InChI is InChI=1S/C14H19Cl2N2.C10H12Cl2N2.C4H8Br2.CH5ClP2.CH4.BrH.ClH/c15-12-4-3-5-13(14(12)16)17-6-10-18(11-7-17)8-1-2-9-18;11-8-2-1-3-9(10(8)12)14-6-4-13-5-7-14;5-3-1-2-4-6;2-1(3)4;;;/h3-5H,1-2,6-11H2;1-3,13H,4-7H2;1-4H2;1H,3-4H2;1H4;2*1H/q+1;;;;;;/p-1/i;;;1D;;;. The second-order valence-corrected chi connectivity index (χ2v) is 16.5. The molecule has 3 saturated heterocycles. The molecular formula is C30H49Br3Cl6N4P2. The third-order valence-electron chi connectivity index (χ3n) is 7.38. The summed E-state index contributed by atoms with van der Waals surface area (Å²) in [6, 6.07) is 11.7. The van der Waals surface area contributed by atoms with Crippen LogP contribution in [-0.2, 0) is 0 Å². The molecule has 262 valence electrons. The Hall–Kier alpha value is 2.00. The highest BCUT2D eigenvalue weighted by atomic mass is 79.9. The van der Waals surface area contributed by atoms with Crippen molar-refractivity contribution >= 4 is 132 Å². The third-order valence-corrected chi connectivity index (χ3v) is 10.1. The highest BCUT2D eigenvalue weighted by Gasteiger charge is 2.36. The number of alkyl halides is 3. The summed E-state index contributed by atoms with van der Waals surface area (Å²) in [7, 11) is 4.22. The van der Waals surface area contributed by atoms with E-state index >= 15 is 0 Å². The first-order valence-electron chi connectivity index (χ1n) is 14.7. The van der Waals surface area contributed by atoms with Crippen LogP contribution in [0.25, 0.3) is 0 Å². The Bertz CT molecular complexity index is 1080. The number of nitrogens with zero attached hydrogens (tertiary/aromatic N) is 3. The van der Waals surface area contributed by atoms with Gasteiger partial charge in [-0.05, 0) is 37.1 Å². The first-order chi connectivity index (χ1) is 20.4. The van der Waals surface area contributed by atoms with Gasteiger partial charge in [0.1, 0.15) is 0 Å². The molecule has 4 nitrogen and oxygen atoms in total. The topological polar surface area (TPSA) is 18.5 Å².